The molecule has 4 aromatic rings. The highest BCUT2D eigenvalue weighted by Gasteiger charge is 2.08. The predicted molar refractivity (Wildman–Crippen MR) is 98.5 cm³/mol. The second kappa shape index (κ2) is 6.81. The van der Waals surface area contributed by atoms with E-state index in [0.29, 0.717) is 5.82 Å². The summed E-state index contributed by atoms with van der Waals surface area (Å²) in [6.45, 7) is 0.0217. The van der Waals surface area contributed by atoms with Crippen LogP contribution in [0.3, 0.4) is 0 Å². The summed E-state index contributed by atoms with van der Waals surface area (Å²) in [6, 6.07) is 14.9. The summed E-state index contributed by atoms with van der Waals surface area (Å²) in [6.07, 6.45) is 3.26. The topological polar surface area (TPSA) is 85.1 Å². The first kappa shape index (κ1) is 16.0. The van der Waals surface area contributed by atoms with Crippen LogP contribution in [0.5, 0.6) is 11.5 Å². The summed E-state index contributed by atoms with van der Waals surface area (Å²) in [4.78, 5) is 8.52. The normalized spacial score (nSPS) is 10.8. The molecule has 130 valence electrons. The average molecular weight is 347 g/mol. The van der Waals surface area contributed by atoms with Crippen molar-refractivity contribution in [3.8, 4) is 11.5 Å². The van der Waals surface area contributed by atoms with Crippen molar-refractivity contribution in [3.05, 3.63) is 66.6 Å². The minimum atomic E-state index is 0.0217. The average Bonchev–Trinajstić information content (AvgIpc) is 3.06. The number of fused-ring (bicyclic) bond motifs is 1. The van der Waals surface area contributed by atoms with Crippen molar-refractivity contribution >= 4 is 22.5 Å². The highest BCUT2D eigenvalue weighted by atomic mass is 16.5. The van der Waals surface area contributed by atoms with Gasteiger partial charge in [0.1, 0.15) is 23.6 Å². The smallest absolute Gasteiger partial charge is 0.163 e. The third-order valence-corrected chi connectivity index (χ3v) is 3.99. The molecule has 0 spiro atoms. The number of aliphatic hydroxyl groups is 1. The molecule has 2 aromatic heterocycles. The van der Waals surface area contributed by atoms with Gasteiger partial charge in [-0.1, -0.05) is 12.1 Å². The van der Waals surface area contributed by atoms with Crippen molar-refractivity contribution in [2.75, 3.05) is 5.32 Å². The molecule has 26 heavy (non-hydrogen) atoms. The second-order valence-corrected chi connectivity index (χ2v) is 5.78. The fourth-order valence-corrected chi connectivity index (χ4v) is 2.60. The zero-order valence-corrected chi connectivity index (χ0v) is 14.1. The Morgan fingerprint density at radius 1 is 1.00 bits per heavy atom. The highest BCUT2D eigenvalue weighted by molar-refractivity contribution is 5.88. The van der Waals surface area contributed by atoms with Crippen LogP contribution < -0.4 is 10.1 Å². The lowest BCUT2D eigenvalue weighted by Crippen LogP contribution is -1.97. The Morgan fingerprint density at radius 2 is 1.69 bits per heavy atom. The SMILES string of the molecule is Cn1ncc2c(Nc3ccc(Oc4ccc(CO)cc4)cc3)ncnc21. The third kappa shape index (κ3) is 3.20. The van der Waals surface area contributed by atoms with Crippen LogP contribution in [0, 0.1) is 0 Å². The van der Waals surface area contributed by atoms with Crippen molar-refractivity contribution in [2.45, 2.75) is 6.61 Å². The molecule has 0 aliphatic rings. The Labute approximate surface area is 149 Å². The standard InChI is InChI=1S/C19H17N5O2/c1-24-19-17(10-22-24)18(20-12-21-19)23-14-4-8-16(9-5-14)26-15-6-2-13(11-25)3-7-15/h2-10,12,25H,11H2,1H3,(H,20,21,23). The van der Waals surface area contributed by atoms with Crippen LogP contribution in [0.2, 0.25) is 0 Å². The molecule has 0 aliphatic carbocycles. The van der Waals surface area contributed by atoms with E-state index in [-0.39, 0.29) is 6.61 Å². The van der Waals surface area contributed by atoms with Crippen LogP contribution in [0.1, 0.15) is 5.56 Å². The number of hydrogen-bond acceptors (Lipinski definition) is 6. The van der Waals surface area contributed by atoms with Gasteiger partial charge in [0.2, 0.25) is 0 Å². The first-order valence-electron chi connectivity index (χ1n) is 8.10. The van der Waals surface area contributed by atoms with E-state index in [2.05, 4.69) is 20.4 Å². The Hall–Kier alpha value is -3.45. The summed E-state index contributed by atoms with van der Waals surface area (Å²) < 4.78 is 7.52. The Bertz CT molecular complexity index is 1030. The van der Waals surface area contributed by atoms with Crippen LogP contribution >= 0.6 is 0 Å². The number of anilines is 2. The molecule has 0 bridgehead atoms. The molecule has 0 radical (unpaired) electrons. The number of hydrogen-bond donors (Lipinski definition) is 2. The lowest BCUT2D eigenvalue weighted by atomic mass is 10.2. The van der Waals surface area contributed by atoms with Gasteiger partial charge in [-0.2, -0.15) is 5.10 Å². The highest BCUT2D eigenvalue weighted by Crippen LogP contribution is 2.26. The van der Waals surface area contributed by atoms with Gasteiger partial charge in [0.05, 0.1) is 18.2 Å². The Morgan fingerprint density at radius 3 is 2.38 bits per heavy atom. The number of aromatic nitrogens is 4. The van der Waals surface area contributed by atoms with Crippen molar-refractivity contribution in [1.82, 2.24) is 19.7 Å². The van der Waals surface area contributed by atoms with E-state index in [1.165, 1.54) is 6.33 Å². The molecule has 2 aromatic carbocycles. The molecule has 4 rings (SSSR count). The van der Waals surface area contributed by atoms with Crippen LogP contribution in [0.15, 0.2) is 61.1 Å². The van der Waals surface area contributed by atoms with Crippen molar-refractivity contribution < 1.29 is 9.84 Å². The van der Waals surface area contributed by atoms with Gasteiger partial charge in [0, 0.05) is 12.7 Å². The molecule has 0 aliphatic heterocycles. The van der Waals surface area contributed by atoms with E-state index in [1.54, 1.807) is 10.9 Å². The van der Waals surface area contributed by atoms with Crippen molar-refractivity contribution in [3.63, 3.8) is 0 Å². The minimum Gasteiger partial charge on any atom is -0.457 e. The fourth-order valence-electron chi connectivity index (χ4n) is 2.60. The van der Waals surface area contributed by atoms with Gasteiger partial charge in [-0.25, -0.2) is 9.97 Å². The van der Waals surface area contributed by atoms with E-state index in [0.717, 1.165) is 33.8 Å². The number of aliphatic hydroxyl groups excluding tert-OH is 1. The van der Waals surface area contributed by atoms with Gasteiger partial charge in [-0.15, -0.1) is 0 Å². The van der Waals surface area contributed by atoms with Gasteiger partial charge in [-0.3, -0.25) is 4.68 Å². The van der Waals surface area contributed by atoms with Gasteiger partial charge >= 0.3 is 0 Å². The van der Waals surface area contributed by atoms with Gasteiger partial charge < -0.3 is 15.2 Å². The van der Waals surface area contributed by atoms with Crippen LogP contribution in [0.25, 0.3) is 11.0 Å². The molecule has 2 heterocycles. The third-order valence-electron chi connectivity index (χ3n) is 3.99. The van der Waals surface area contributed by atoms with E-state index in [4.69, 9.17) is 9.84 Å². The quantitative estimate of drug-likeness (QED) is 0.576. The number of ether oxygens (including phenoxy) is 1. The van der Waals surface area contributed by atoms with Gasteiger partial charge in [0.15, 0.2) is 5.65 Å². The molecule has 0 saturated carbocycles. The number of aryl methyl sites for hydroxylation is 1. The summed E-state index contributed by atoms with van der Waals surface area (Å²) in [5.74, 6) is 2.15. The molecule has 0 unspecified atom stereocenters. The largest absolute Gasteiger partial charge is 0.457 e. The number of nitrogens with zero attached hydrogens (tertiary/aromatic N) is 4. The summed E-state index contributed by atoms with van der Waals surface area (Å²) in [7, 11) is 1.85. The molecule has 2 N–H and O–H groups in total. The molecular formula is C19H17N5O2. The molecule has 7 nitrogen and oxygen atoms in total. The monoisotopic (exact) mass is 347 g/mol. The molecule has 0 amide bonds. The van der Waals surface area contributed by atoms with Crippen molar-refractivity contribution in [1.29, 1.82) is 0 Å². The lowest BCUT2D eigenvalue weighted by Gasteiger charge is -2.09. The van der Waals surface area contributed by atoms with Gasteiger partial charge in [0.25, 0.3) is 0 Å². The van der Waals surface area contributed by atoms with E-state index in [1.807, 2.05) is 55.6 Å². The van der Waals surface area contributed by atoms with Crippen LogP contribution in [-0.4, -0.2) is 24.9 Å². The maximum Gasteiger partial charge on any atom is 0.163 e. The maximum absolute atomic E-state index is 9.08. The maximum atomic E-state index is 9.08. The molecule has 0 saturated heterocycles. The number of nitrogens with one attached hydrogen (secondary N) is 1. The lowest BCUT2D eigenvalue weighted by molar-refractivity contribution is 0.281. The Balaban J connectivity index is 1.50. The zero-order valence-electron chi connectivity index (χ0n) is 14.1. The summed E-state index contributed by atoms with van der Waals surface area (Å²) in [5.41, 5.74) is 2.51. The van der Waals surface area contributed by atoms with E-state index >= 15 is 0 Å². The summed E-state index contributed by atoms with van der Waals surface area (Å²) in [5, 5.41) is 17.4. The molecule has 0 fully saturated rings. The first-order valence-corrected chi connectivity index (χ1v) is 8.10. The zero-order chi connectivity index (χ0) is 17.9. The number of benzene rings is 2. The fraction of sp³-hybridized carbons (Fsp3) is 0.105. The second-order valence-electron chi connectivity index (χ2n) is 5.78. The van der Waals surface area contributed by atoms with Crippen LogP contribution in [0.4, 0.5) is 11.5 Å². The summed E-state index contributed by atoms with van der Waals surface area (Å²) >= 11 is 0. The number of rotatable bonds is 5. The van der Waals surface area contributed by atoms with Crippen molar-refractivity contribution in [2.24, 2.45) is 7.05 Å². The van der Waals surface area contributed by atoms with Crippen LogP contribution in [-0.2, 0) is 13.7 Å². The minimum absolute atomic E-state index is 0.0217. The predicted octanol–water partition coefficient (Wildman–Crippen LogP) is 3.39. The molecule has 7 heteroatoms. The Kier molecular flexibility index (Phi) is 4.20. The molecular weight excluding hydrogens is 330 g/mol. The van der Waals surface area contributed by atoms with Gasteiger partial charge in [-0.05, 0) is 42.0 Å². The first-order chi connectivity index (χ1) is 12.7. The van der Waals surface area contributed by atoms with E-state index in [9.17, 15) is 0 Å². The van der Waals surface area contributed by atoms with E-state index < -0.39 is 0 Å². The molecule has 0 atom stereocenters.